The van der Waals surface area contributed by atoms with Gasteiger partial charge in [0.05, 0.1) is 12.1 Å². The van der Waals surface area contributed by atoms with E-state index < -0.39 is 48.8 Å². The molecular weight excluding hydrogens is 609 g/mol. The Kier molecular flexibility index (Phi) is 16.2. The maximum absolute atomic E-state index is 14.0. The predicted molar refractivity (Wildman–Crippen MR) is 187 cm³/mol. The normalized spacial score (nSPS) is 17.2. The largest absolute Gasteiger partial charge is 0.456 e. The third-order valence-electron chi connectivity index (χ3n) is 8.95. The van der Waals surface area contributed by atoms with Crippen molar-refractivity contribution in [1.82, 2.24) is 15.5 Å². The Morgan fingerprint density at radius 1 is 0.896 bits per heavy atom. The number of ketones is 1. The van der Waals surface area contributed by atoms with E-state index in [1.54, 1.807) is 4.90 Å². The Morgan fingerprint density at radius 2 is 1.50 bits per heavy atom. The molecule has 0 radical (unpaired) electrons. The first-order valence-electron chi connectivity index (χ1n) is 17.3. The molecule has 1 heterocycles. The summed E-state index contributed by atoms with van der Waals surface area (Å²) in [7, 11) is -1.52. The lowest BCUT2D eigenvalue weighted by Crippen LogP contribution is -2.53. The van der Waals surface area contributed by atoms with Crippen LogP contribution in [-0.4, -0.2) is 83.3 Å². The standard InChI is InChI=1S/C36H54BN5O6/c1-25(2)20-28(34(44)40-31(17-9-10-18-38)36(46)42-19-11-16-29(24-42)37(47)48)23-33(43)32(22-27-14-7-4-8-15-27)41-35(45)30(39)21-26-12-5-3-6-13-26/h3-8,12-15,25,28-32,47-48H,9-11,16-24,38-39H2,1-2H3,(H,40,44)(H,41,45)/t28-,29?,30+,31+,32+/m0/s1. The minimum absolute atomic E-state index is 0.0790. The van der Waals surface area contributed by atoms with E-state index in [4.69, 9.17) is 11.5 Å². The lowest BCUT2D eigenvalue weighted by atomic mass is 9.68. The zero-order valence-corrected chi connectivity index (χ0v) is 28.4. The van der Waals surface area contributed by atoms with Crippen LogP contribution in [0.5, 0.6) is 0 Å². The number of nitrogens with zero attached hydrogens (tertiary/aromatic N) is 1. The number of likely N-dealkylation sites (tertiary alicyclic amines) is 1. The number of hydrogen-bond donors (Lipinski definition) is 6. The van der Waals surface area contributed by atoms with Crippen LogP contribution in [0.4, 0.5) is 0 Å². The van der Waals surface area contributed by atoms with Crippen LogP contribution in [0.3, 0.4) is 0 Å². The van der Waals surface area contributed by atoms with Crippen LogP contribution in [0, 0.1) is 11.8 Å². The fourth-order valence-electron chi connectivity index (χ4n) is 6.29. The van der Waals surface area contributed by atoms with E-state index in [9.17, 15) is 29.2 Å². The number of Topliss-reactive ketones (excluding diaryl/α,β-unsaturated/α-hetero) is 1. The number of hydrogen-bond acceptors (Lipinski definition) is 8. The molecule has 0 aliphatic carbocycles. The van der Waals surface area contributed by atoms with E-state index in [1.165, 1.54) is 0 Å². The van der Waals surface area contributed by atoms with Crippen LogP contribution in [0.1, 0.15) is 69.9 Å². The molecule has 2 aromatic rings. The first-order valence-corrected chi connectivity index (χ1v) is 17.3. The van der Waals surface area contributed by atoms with Gasteiger partial charge in [-0.3, -0.25) is 19.2 Å². The topological polar surface area (TPSA) is 188 Å². The minimum atomic E-state index is -1.52. The van der Waals surface area contributed by atoms with Crippen molar-refractivity contribution in [2.24, 2.45) is 23.3 Å². The van der Waals surface area contributed by atoms with Gasteiger partial charge in [0, 0.05) is 31.2 Å². The van der Waals surface area contributed by atoms with Crippen molar-refractivity contribution < 1.29 is 29.2 Å². The molecule has 1 aliphatic rings. The van der Waals surface area contributed by atoms with Crippen molar-refractivity contribution in [3.63, 3.8) is 0 Å². The van der Waals surface area contributed by atoms with Gasteiger partial charge in [0.15, 0.2) is 5.78 Å². The van der Waals surface area contributed by atoms with Crippen molar-refractivity contribution in [3.05, 3.63) is 71.8 Å². The van der Waals surface area contributed by atoms with Gasteiger partial charge >= 0.3 is 7.12 Å². The molecule has 0 saturated carbocycles. The van der Waals surface area contributed by atoms with Crippen molar-refractivity contribution in [3.8, 4) is 0 Å². The highest BCUT2D eigenvalue weighted by Gasteiger charge is 2.36. The van der Waals surface area contributed by atoms with Gasteiger partial charge in [0.25, 0.3) is 0 Å². The number of piperidine rings is 1. The summed E-state index contributed by atoms with van der Waals surface area (Å²) in [4.78, 5) is 56.4. The van der Waals surface area contributed by atoms with Gasteiger partial charge in [0.2, 0.25) is 17.7 Å². The number of nitrogens with one attached hydrogen (secondary N) is 2. The van der Waals surface area contributed by atoms with Crippen LogP contribution >= 0.6 is 0 Å². The number of unbranched alkanes of at least 4 members (excludes halogenated alkanes) is 1. The molecule has 3 rings (SSSR count). The Balaban J connectivity index is 1.77. The maximum Gasteiger partial charge on any atom is 0.456 e. The summed E-state index contributed by atoms with van der Waals surface area (Å²) < 4.78 is 0. The summed E-state index contributed by atoms with van der Waals surface area (Å²) in [6.45, 7) is 5.04. The van der Waals surface area contributed by atoms with E-state index in [0.29, 0.717) is 58.0 Å². The number of benzene rings is 2. The first kappa shape index (κ1) is 38.9. The fourth-order valence-corrected chi connectivity index (χ4v) is 6.29. The molecule has 1 saturated heterocycles. The molecule has 0 spiro atoms. The van der Waals surface area contributed by atoms with E-state index >= 15 is 0 Å². The molecule has 8 N–H and O–H groups in total. The SMILES string of the molecule is CC(C)C[C@@H](CC(=O)[C@@H](Cc1ccccc1)NC(=O)[C@H](N)Cc1ccccc1)C(=O)N[C@H](CCCCN)C(=O)N1CCCC(B(O)O)C1. The molecule has 1 fully saturated rings. The minimum Gasteiger partial charge on any atom is -0.427 e. The van der Waals surface area contributed by atoms with E-state index in [-0.39, 0.29) is 37.0 Å². The van der Waals surface area contributed by atoms with Crippen LogP contribution in [0.25, 0.3) is 0 Å². The molecule has 5 atom stereocenters. The number of amides is 3. The zero-order valence-electron chi connectivity index (χ0n) is 28.4. The van der Waals surface area contributed by atoms with Gasteiger partial charge in [-0.2, -0.15) is 0 Å². The molecule has 11 nitrogen and oxygen atoms in total. The van der Waals surface area contributed by atoms with Gasteiger partial charge in [-0.25, -0.2) is 0 Å². The van der Waals surface area contributed by atoms with E-state index in [0.717, 1.165) is 11.1 Å². The molecule has 0 bridgehead atoms. The average Bonchev–Trinajstić information content (AvgIpc) is 3.07. The lowest BCUT2D eigenvalue weighted by molar-refractivity contribution is -0.139. The molecule has 0 aromatic heterocycles. The van der Waals surface area contributed by atoms with Gasteiger partial charge in [-0.1, -0.05) is 74.5 Å². The second kappa shape index (κ2) is 20.1. The maximum atomic E-state index is 14.0. The molecule has 262 valence electrons. The highest BCUT2D eigenvalue weighted by atomic mass is 16.4. The summed E-state index contributed by atoms with van der Waals surface area (Å²) >= 11 is 0. The Hall–Kier alpha value is -3.58. The Labute approximate surface area is 285 Å². The Bertz CT molecular complexity index is 1300. The van der Waals surface area contributed by atoms with Crippen LogP contribution in [-0.2, 0) is 32.0 Å². The lowest BCUT2D eigenvalue weighted by Gasteiger charge is -2.35. The zero-order chi connectivity index (χ0) is 35.1. The predicted octanol–water partition coefficient (Wildman–Crippen LogP) is 1.98. The monoisotopic (exact) mass is 663 g/mol. The van der Waals surface area contributed by atoms with Crippen molar-refractivity contribution >= 4 is 30.6 Å². The number of nitrogens with two attached hydrogens (primary N) is 2. The van der Waals surface area contributed by atoms with Crippen molar-refractivity contribution in [1.29, 1.82) is 0 Å². The Morgan fingerprint density at radius 3 is 2.08 bits per heavy atom. The summed E-state index contributed by atoms with van der Waals surface area (Å²) in [6.07, 6.45) is 3.74. The van der Waals surface area contributed by atoms with Crippen molar-refractivity contribution in [2.75, 3.05) is 19.6 Å². The third kappa shape index (κ3) is 12.8. The van der Waals surface area contributed by atoms with Gasteiger partial charge in [-0.05, 0) is 75.0 Å². The molecule has 1 aliphatic heterocycles. The van der Waals surface area contributed by atoms with Gasteiger partial charge in [0.1, 0.15) is 6.04 Å². The van der Waals surface area contributed by atoms with Gasteiger partial charge < -0.3 is 37.0 Å². The molecule has 2 aromatic carbocycles. The van der Waals surface area contributed by atoms with E-state index in [2.05, 4.69) is 10.6 Å². The number of rotatable bonds is 19. The van der Waals surface area contributed by atoms with Crippen molar-refractivity contribution in [2.45, 2.75) is 95.6 Å². The smallest absolute Gasteiger partial charge is 0.427 e. The fraction of sp³-hybridized carbons (Fsp3) is 0.556. The number of carbonyl (C=O) groups excluding carboxylic acids is 4. The average molecular weight is 664 g/mol. The third-order valence-corrected chi connectivity index (χ3v) is 8.95. The molecule has 48 heavy (non-hydrogen) atoms. The quantitative estimate of drug-likeness (QED) is 0.0972. The van der Waals surface area contributed by atoms with Gasteiger partial charge in [-0.15, -0.1) is 0 Å². The summed E-state index contributed by atoms with van der Waals surface area (Å²) in [5, 5.41) is 25.3. The molecule has 3 amide bonds. The number of carbonyl (C=O) groups is 4. The second-order valence-electron chi connectivity index (χ2n) is 13.5. The second-order valence-corrected chi connectivity index (χ2v) is 13.5. The highest BCUT2D eigenvalue weighted by Crippen LogP contribution is 2.25. The summed E-state index contributed by atoms with van der Waals surface area (Å²) in [5.41, 5.74) is 13.7. The highest BCUT2D eigenvalue weighted by molar-refractivity contribution is 6.43. The van der Waals surface area contributed by atoms with Crippen LogP contribution in [0.2, 0.25) is 5.82 Å². The molecule has 1 unspecified atom stereocenters. The van der Waals surface area contributed by atoms with Crippen LogP contribution < -0.4 is 22.1 Å². The van der Waals surface area contributed by atoms with Crippen LogP contribution in [0.15, 0.2) is 60.7 Å². The first-order chi connectivity index (χ1) is 23.0. The van der Waals surface area contributed by atoms with E-state index in [1.807, 2.05) is 74.5 Å². The summed E-state index contributed by atoms with van der Waals surface area (Å²) in [5.74, 6) is -2.52. The summed E-state index contributed by atoms with van der Waals surface area (Å²) in [6, 6.07) is 16.2. The molecule has 12 heteroatoms. The molecular formula is C36H54BN5O6.